The number of ether oxygens (including phenoxy) is 2. The first-order valence-corrected chi connectivity index (χ1v) is 12.4. The van der Waals surface area contributed by atoms with Gasteiger partial charge in [0.25, 0.3) is 5.56 Å². The third kappa shape index (κ3) is 5.43. The van der Waals surface area contributed by atoms with Gasteiger partial charge in [0, 0.05) is 29.2 Å². The first-order chi connectivity index (χ1) is 14.8. The third-order valence-corrected chi connectivity index (χ3v) is 7.92. The Kier molecular flexibility index (Phi) is 8.04. The molecule has 2 heterocycles. The Morgan fingerprint density at radius 3 is 2.84 bits per heavy atom. The van der Waals surface area contributed by atoms with Crippen molar-refractivity contribution in [2.24, 2.45) is 0 Å². The molecular weight excluding hydrogens is 440 g/mol. The smallest absolute Gasteiger partial charge is 0.338 e. The fourth-order valence-corrected chi connectivity index (χ4v) is 5.40. The van der Waals surface area contributed by atoms with Gasteiger partial charge in [0.1, 0.15) is 18.4 Å². The van der Waals surface area contributed by atoms with Crippen molar-refractivity contribution in [1.29, 1.82) is 0 Å². The highest BCUT2D eigenvalue weighted by Crippen LogP contribution is 2.39. The molecule has 0 radical (unpaired) electrons. The highest BCUT2D eigenvalue weighted by Gasteiger charge is 2.39. The van der Waals surface area contributed by atoms with Crippen LogP contribution in [0.5, 0.6) is 0 Å². The van der Waals surface area contributed by atoms with Crippen LogP contribution in [0.1, 0.15) is 53.2 Å². The number of H-pyrrole nitrogens is 1. The van der Waals surface area contributed by atoms with E-state index >= 15 is 0 Å². The van der Waals surface area contributed by atoms with E-state index in [1.807, 2.05) is 19.1 Å². The van der Waals surface area contributed by atoms with Gasteiger partial charge in [-0.05, 0) is 25.5 Å². The van der Waals surface area contributed by atoms with Gasteiger partial charge >= 0.3 is 11.7 Å². The Balaban J connectivity index is 1.78. The van der Waals surface area contributed by atoms with Crippen LogP contribution >= 0.6 is 21.6 Å². The number of esters is 1. The minimum absolute atomic E-state index is 0.0950. The number of carbonyl (C=O) groups is 1. The van der Waals surface area contributed by atoms with Crippen LogP contribution in [0.3, 0.4) is 0 Å². The number of carbonyl (C=O) groups excluding carboxylic acids is 1. The molecular formula is C21H26N2O6S2. The van der Waals surface area contributed by atoms with Crippen LogP contribution in [-0.2, 0) is 9.47 Å². The van der Waals surface area contributed by atoms with Crippen molar-refractivity contribution in [2.45, 2.75) is 50.9 Å². The molecule has 1 saturated heterocycles. The summed E-state index contributed by atoms with van der Waals surface area (Å²) < 4.78 is 12.7. The van der Waals surface area contributed by atoms with Gasteiger partial charge in [-0.25, -0.2) is 9.59 Å². The van der Waals surface area contributed by atoms with Crippen molar-refractivity contribution >= 4 is 27.6 Å². The molecule has 4 atom stereocenters. The van der Waals surface area contributed by atoms with E-state index in [0.29, 0.717) is 11.1 Å². The summed E-state index contributed by atoms with van der Waals surface area (Å²) in [5, 5.41) is 9.82. The van der Waals surface area contributed by atoms with E-state index in [1.165, 1.54) is 10.8 Å². The molecule has 1 aliphatic rings. The van der Waals surface area contributed by atoms with Gasteiger partial charge in [-0.3, -0.25) is 14.3 Å². The molecule has 0 aliphatic carbocycles. The van der Waals surface area contributed by atoms with Crippen molar-refractivity contribution < 1.29 is 19.4 Å². The average molecular weight is 467 g/mol. The van der Waals surface area contributed by atoms with Crippen LogP contribution in [-0.4, -0.2) is 45.2 Å². The number of aromatic nitrogens is 2. The van der Waals surface area contributed by atoms with E-state index in [-0.39, 0.29) is 18.3 Å². The second kappa shape index (κ2) is 10.5. The van der Waals surface area contributed by atoms with Gasteiger partial charge in [-0.15, -0.1) is 0 Å². The number of aromatic amines is 1. The SMILES string of the molecule is CCSSC(C)c1ccccc1C(=O)O[C@@H]1C[C@H](n2cc(C)c(=O)[nH]c2=O)OC1CO. The minimum atomic E-state index is -0.775. The summed E-state index contributed by atoms with van der Waals surface area (Å²) in [5.74, 6) is 0.465. The normalized spacial score (nSPS) is 21.7. The van der Waals surface area contributed by atoms with E-state index < -0.39 is 35.7 Å². The number of nitrogens with one attached hydrogen (secondary N) is 1. The second-order valence-corrected chi connectivity index (χ2v) is 10.2. The van der Waals surface area contributed by atoms with Crippen molar-refractivity contribution in [3.05, 3.63) is 68.0 Å². The molecule has 168 valence electrons. The molecule has 1 aliphatic heterocycles. The van der Waals surface area contributed by atoms with Gasteiger partial charge in [0.05, 0.1) is 12.2 Å². The van der Waals surface area contributed by atoms with Crippen molar-refractivity contribution in [1.82, 2.24) is 9.55 Å². The first kappa shape index (κ1) is 23.6. The Morgan fingerprint density at radius 2 is 2.13 bits per heavy atom. The molecule has 10 heteroatoms. The van der Waals surface area contributed by atoms with Crippen LogP contribution in [0.4, 0.5) is 0 Å². The lowest BCUT2D eigenvalue weighted by Gasteiger charge is -2.19. The van der Waals surface area contributed by atoms with Gasteiger partial charge in [-0.1, -0.05) is 46.7 Å². The Hall–Kier alpha value is -2.01. The van der Waals surface area contributed by atoms with Crippen LogP contribution in [0.25, 0.3) is 0 Å². The zero-order valence-electron chi connectivity index (χ0n) is 17.6. The van der Waals surface area contributed by atoms with Gasteiger partial charge in [-0.2, -0.15) is 0 Å². The molecule has 2 aromatic rings. The minimum Gasteiger partial charge on any atom is -0.456 e. The number of benzene rings is 1. The van der Waals surface area contributed by atoms with Crippen molar-refractivity contribution in [3.63, 3.8) is 0 Å². The lowest BCUT2D eigenvalue weighted by atomic mass is 10.0. The lowest BCUT2D eigenvalue weighted by molar-refractivity contribution is -0.0522. The fourth-order valence-electron chi connectivity index (χ4n) is 3.42. The second-order valence-electron chi connectivity index (χ2n) is 7.20. The summed E-state index contributed by atoms with van der Waals surface area (Å²) in [6.45, 7) is 5.32. The molecule has 31 heavy (non-hydrogen) atoms. The molecule has 1 aromatic heterocycles. The van der Waals surface area contributed by atoms with E-state index in [1.54, 1.807) is 40.6 Å². The quantitative estimate of drug-likeness (QED) is 0.451. The number of aryl methyl sites for hydroxylation is 1. The molecule has 2 N–H and O–H groups in total. The molecule has 8 nitrogen and oxygen atoms in total. The van der Waals surface area contributed by atoms with Gasteiger partial charge in [0.2, 0.25) is 0 Å². The zero-order valence-corrected chi connectivity index (χ0v) is 19.2. The number of rotatable bonds is 8. The number of aliphatic hydroxyl groups excluding tert-OH is 1. The molecule has 3 rings (SSSR count). The third-order valence-electron chi connectivity index (χ3n) is 5.02. The molecule has 1 fully saturated rings. The summed E-state index contributed by atoms with van der Waals surface area (Å²) in [7, 11) is 3.41. The maximum absolute atomic E-state index is 13.0. The number of nitrogens with zero attached hydrogens (tertiary/aromatic N) is 1. The molecule has 0 bridgehead atoms. The topological polar surface area (TPSA) is 111 Å². The maximum atomic E-state index is 13.0. The van der Waals surface area contributed by atoms with Crippen LogP contribution in [0.2, 0.25) is 0 Å². The van der Waals surface area contributed by atoms with E-state index in [0.717, 1.165) is 11.3 Å². The largest absolute Gasteiger partial charge is 0.456 e. The summed E-state index contributed by atoms with van der Waals surface area (Å²) in [6, 6.07) is 7.30. The van der Waals surface area contributed by atoms with Crippen molar-refractivity contribution in [3.8, 4) is 0 Å². The van der Waals surface area contributed by atoms with E-state index in [9.17, 15) is 19.5 Å². The highest BCUT2D eigenvalue weighted by molar-refractivity contribution is 8.76. The standard InChI is InChI=1S/C21H26N2O6S2/c1-4-30-31-13(3)14-7-5-6-8-15(14)20(26)29-16-9-18(28-17(16)11-24)23-10-12(2)19(25)22-21(23)27/h5-8,10,13,16-18,24H,4,9,11H2,1-3H3,(H,22,25,27)/t13?,16-,17?,18-/m1/s1. The first-order valence-electron chi connectivity index (χ1n) is 10.0. The van der Waals surface area contributed by atoms with Gasteiger partial charge < -0.3 is 14.6 Å². The monoisotopic (exact) mass is 466 g/mol. The van der Waals surface area contributed by atoms with Crippen molar-refractivity contribution in [2.75, 3.05) is 12.4 Å². The van der Waals surface area contributed by atoms with Crippen LogP contribution in [0, 0.1) is 6.92 Å². The number of hydrogen-bond donors (Lipinski definition) is 2. The highest BCUT2D eigenvalue weighted by atomic mass is 33.1. The predicted octanol–water partition coefficient (Wildman–Crippen LogP) is 2.81. The molecule has 1 aromatic carbocycles. The Morgan fingerprint density at radius 1 is 1.39 bits per heavy atom. The number of hydrogen-bond acceptors (Lipinski definition) is 8. The average Bonchev–Trinajstić information content (AvgIpc) is 3.16. The summed E-state index contributed by atoms with van der Waals surface area (Å²) in [4.78, 5) is 39.0. The van der Waals surface area contributed by atoms with Crippen LogP contribution in [0.15, 0.2) is 40.1 Å². The Bertz CT molecular complexity index is 1040. The maximum Gasteiger partial charge on any atom is 0.338 e. The molecule has 2 unspecified atom stereocenters. The zero-order chi connectivity index (χ0) is 22.5. The molecule has 0 amide bonds. The molecule has 0 spiro atoms. The summed E-state index contributed by atoms with van der Waals surface area (Å²) in [6.07, 6.45) is -0.682. The van der Waals surface area contributed by atoms with E-state index in [2.05, 4.69) is 11.9 Å². The summed E-state index contributed by atoms with van der Waals surface area (Å²) >= 11 is 0. The lowest BCUT2D eigenvalue weighted by Crippen LogP contribution is -2.33. The summed E-state index contributed by atoms with van der Waals surface area (Å²) in [5.41, 5.74) is 0.618. The van der Waals surface area contributed by atoms with Crippen LogP contribution < -0.4 is 11.2 Å². The molecule has 0 saturated carbocycles. The van der Waals surface area contributed by atoms with E-state index in [4.69, 9.17) is 9.47 Å². The van der Waals surface area contributed by atoms with Gasteiger partial charge in [0.15, 0.2) is 0 Å². The fraction of sp³-hybridized carbons (Fsp3) is 0.476. The number of aliphatic hydroxyl groups is 1. The predicted molar refractivity (Wildman–Crippen MR) is 121 cm³/mol. The Labute approximate surface area is 187 Å².